The Bertz CT molecular complexity index is 560. The Morgan fingerprint density at radius 2 is 1.39 bits per heavy atom. The van der Waals surface area contributed by atoms with Gasteiger partial charge in [0.25, 0.3) is 0 Å². The van der Waals surface area contributed by atoms with E-state index in [-0.39, 0.29) is 5.97 Å². The molecule has 28 heavy (non-hydrogen) atoms. The molecule has 0 aliphatic rings. The van der Waals surface area contributed by atoms with Gasteiger partial charge in [-0.25, -0.2) is 0 Å². The number of benzene rings is 1. The molecule has 0 saturated carbocycles. The Labute approximate surface area is 173 Å². The van der Waals surface area contributed by atoms with Crippen LogP contribution in [-0.4, -0.2) is 5.97 Å². The maximum absolute atomic E-state index is 12.0. The van der Waals surface area contributed by atoms with Crippen molar-refractivity contribution in [2.24, 2.45) is 0 Å². The van der Waals surface area contributed by atoms with Gasteiger partial charge in [0.15, 0.2) is 0 Å². The van der Waals surface area contributed by atoms with Gasteiger partial charge in [0.2, 0.25) is 0 Å². The second kappa shape index (κ2) is 16.4. The first-order valence-electron chi connectivity index (χ1n) is 11.6. The number of unbranched alkanes of at least 4 members (excludes halogenated alkanes) is 11. The molecule has 0 spiro atoms. The molecule has 0 unspecified atom stereocenters. The van der Waals surface area contributed by atoms with Gasteiger partial charge in [0.1, 0.15) is 5.75 Å². The first-order valence-corrected chi connectivity index (χ1v) is 11.6. The largest absolute Gasteiger partial charge is 0.426 e. The molecule has 0 saturated heterocycles. The van der Waals surface area contributed by atoms with Crippen LogP contribution >= 0.6 is 0 Å². The highest BCUT2D eigenvalue weighted by Gasteiger charge is 2.08. The summed E-state index contributed by atoms with van der Waals surface area (Å²) in [5.41, 5.74) is 2.21. The lowest BCUT2D eigenvalue weighted by atomic mass is 10.1. The van der Waals surface area contributed by atoms with Crippen LogP contribution in [0.3, 0.4) is 0 Å². The highest BCUT2D eigenvalue weighted by atomic mass is 16.5. The minimum Gasteiger partial charge on any atom is -0.426 e. The normalized spacial score (nSPS) is 11.2. The van der Waals surface area contributed by atoms with Crippen molar-refractivity contribution in [3.05, 3.63) is 41.5 Å². The van der Waals surface area contributed by atoms with Crippen LogP contribution in [0.5, 0.6) is 5.75 Å². The van der Waals surface area contributed by atoms with Crippen LogP contribution in [0.25, 0.3) is 0 Å². The van der Waals surface area contributed by atoms with Crippen molar-refractivity contribution in [2.75, 3.05) is 0 Å². The molecule has 0 N–H and O–H groups in total. The highest BCUT2D eigenvalue weighted by molar-refractivity contribution is 5.72. The number of carbonyl (C=O) groups is 1. The van der Waals surface area contributed by atoms with Gasteiger partial charge >= 0.3 is 5.97 Å². The molecule has 158 valence electrons. The monoisotopic (exact) mass is 386 g/mol. The molecular weight excluding hydrogens is 344 g/mol. The number of esters is 1. The van der Waals surface area contributed by atoms with Gasteiger partial charge in [0.05, 0.1) is 0 Å². The molecule has 0 amide bonds. The standard InChI is InChI=1S/C26H42O2/c1-4-5-6-7-8-9-10-11-12-13-14-15-16-17-18-22-26(27)28-25-21-19-20-23(2)24(25)3/h11-12,19-21H,4-10,13-18,22H2,1-3H3/b12-11-. The Morgan fingerprint density at radius 1 is 0.821 bits per heavy atom. The Hall–Kier alpha value is -1.57. The molecule has 0 heterocycles. The van der Waals surface area contributed by atoms with Gasteiger partial charge in [-0.05, 0) is 63.1 Å². The van der Waals surface area contributed by atoms with Crippen LogP contribution in [0.1, 0.15) is 108 Å². The zero-order valence-electron chi connectivity index (χ0n) is 18.6. The summed E-state index contributed by atoms with van der Waals surface area (Å²) in [6.45, 7) is 6.31. The fraction of sp³-hybridized carbons (Fsp3) is 0.654. The topological polar surface area (TPSA) is 26.3 Å². The third kappa shape index (κ3) is 12.0. The lowest BCUT2D eigenvalue weighted by Crippen LogP contribution is -2.08. The first-order chi connectivity index (χ1) is 13.6. The first kappa shape index (κ1) is 24.5. The molecule has 2 nitrogen and oxygen atoms in total. The van der Waals surface area contributed by atoms with Gasteiger partial charge in [-0.3, -0.25) is 4.79 Å². The number of hydrogen-bond acceptors (Lipinski definition) is 2. The van der Waals surface area contributed by atoms with Crippen LogP contribution in [-0.2, 0) is 4.79 Å². The predicted molar refractivity (Wildman–Crippen MR) is 121 cm³/mol. The number of rotatable bonds is 16. The molecule has 0 fully saturated rings. The van der Waals surface area contributed by atoms with E-state index in [2.05, 4.69) is 19.1 Å². The summed E-state index contributed by atoms with van der Waals surface area (Å²) in [5.74, 6) is 0.601. The van der Waals surface area contributed by atoms with Crippen molar-refractivity contribution >= 4 is 5.97 Å². The van der Waals surface area contributed by atoms with E-state index in [0.29, 0.717) is 12.2 Å². The summed E-state index contributed by atoms with van der Waals surface area (Å²) in [6.07, 6.45) is 21.7. The van der Waals surface area contributed by atoms with Crippen LogP contribution in [0, 0.1) is 13.8 Å². The molecule has 1 rings (SSSR count). The molecule has 2 heteroatoms. The van der Waals surface area contributed by atoms with Crippen LogP contribution in [0.15, 0.2) is 30.4 Å². The fourth-order valence-corrected chi connectivity index (χ4v) is 3.35. The van der Waals surface area contributed by atoms with Gasteiger partial charge in [-0.2, -0.15) is 0 Å². The molecule has 0 aromatic heterocycles. The molecule has 0 aliphatic carbocycles. The van der Waals surface area contributed by atoms with Crippen molar-refractivity contribution in [2.45, 2.75) is 111 Å². The minimum absolute atomic E-state index is 0.105. The van der Waals surface area contributed by atoms with Crippen LogP contribution < -0.4 is 4.74 Å². The third-order valence-corrected chi connectivity index (χ3v) is 5.42. The summed E-state index contributed by atoms with van der Waals surface area (Å²) in [6, 6.07) is 5.85. The average molecular weight is 387 g/mol. The molecular formula is C26H42O2. The third-order valence-electron chi connectivity index (χ3n) is 5.42. The summed E-state index contributed by atoms with van der Waals surface area (Å²) >= 11 is 0. The molecule has 0 aliphatic heterocycles. The van der Waals surface area contributed by atoms with E-state index in [0.717, 1.165) is 24.0 Å². The van der Waals surface area contributed by atoms with Gasteiger partial charge in [-0.1, -0.05) is 82.6 Å². The van der Waals surface area contributed by atoms with E-state index < -0.39 is 0 Å². The Morgan fingerprint density at radius 3 is 2.04 bits per heavy atom. The lowest BCUT2D eigenvalue weighted by molar-refractivity contribution is -0.134. The maximum atomic E-state index is 12.0. The summed E-state index contributed by atoms with van der Waals surface area (Å²) < 4.78 is 5.50. The zero-order chi connectivity index (χ0) is 20.5. The summed E-state index contributed by atoms with van der Waals surface area (Å²) in [7, 11) is 0. The van der Waals surface area contributed by atoms with E-state index in [1.807, 2.05) is 32.0 Å². The van der Waals surface area contributed by atoms with Crippen molar-refractivity contribution in [3.63, 3.8) is 0 Å². The smallest absolute Gasteiger partial charge is 0.311 e. The average Bonchev–Trinajstić information content (AvgIpc) is 2.68. The SMILES string of the molecule is CCCCCCCC/C=C\CCCCCCCC(=O)Oc1cccc(C)c1C. The van der Waals surface area contributed by atoms with Crippen molar-refractivity contribution in [3.8, 4) is 5.75 Å². The Balaban J connectivity index is 1.93. The van der Waals surface area contributed by atoms with Crippen LogP contribution in [0.4, 0.5) is 0 Å². The number of hydrogen-bond donors (Lipinski definition) is 0. The van der Waals surface area contributed by atoms with E-state index in [9.17, 15) is 4.79 Å². The van der Waals surface area contributed by atoms with E-state index >= 15 is 0 Å². The van der Waals surface area contributed by atoms with E-state index in [1.165, 1.54) is 70.6 Å². The number of aryl methyl sites for hydroxylation is 1. The molecule has 0 radical (unpaired) electrons. The van der Waals surface area contributed by atoms with E-state index in [1.54, 1.807) is 0 Å². The number of carbonyl (C=O) groups excluding carboxylic acids is 1. The predicted octanol–water partition coefficient (Wildman–Crippen LogP) is 8.25. The number of allylic oxidation sites excluding steroid dienone is 2. The molecule has 0 atom stereocenters. The van der Waals surface area contributed by atoms with Crippen molar-refractivity contribution < 1.29 is 9.53 Å². The van der Waals surface area contributed by atoms with Crippen LogP contribution in [0.2, 0.25) is 0 Å². The second-order valence-corrected chi connectivity index (χ2v) is 8.01. The minimum atomic E-state index is -0.105. The van der Waals surface area contributed by atoms with Gasteiger partial charge in [-0.15, -0.1) is 0 Å². The second-order valence-electron chi connectivity index (χ2n) is 8.01. The molecule has 0 bridgehead atoms. The highest BCUT2D eigenvalue weighted by Crippen LogP contribution is 2.21. The quantitative estimate of drug-likeness (QED) is 0.124. The van der Waals surface area contributed by atoms with Crippen molar-refractivity contribution in [1.29, 1.82) is 0 Å². The van der Waals surface area contributed by atoms with E-state index in [4.69, 9.17) is 4.74 Å². The summed E-state index contributed by atoms with van der Waals surface area (Å²) in [5, 5.41) is 0. The fourth-order valence-electron chi connectivity index (χ4n) is 3.35. The van der Waals surface area contributed by atoms with Gasteiger partial charge < -0.3 is 4.74 Å². The van der Waals surface area contributed by atoms with Crippen molar-refractivity contribution in [1.82, 2.24) is 0 Å². The maximum Gasteiger partial charge on any atom is 0.311 e. The molecule has 1 aromatic carbocycles. The van der Waals surface area contributed by atoms with Gasteiger partial charge in [0, 0.05) is 6.42 Å². The summed E-state index contributed by atoms with van der Waals surface area (Å²) in [4.78, 5) is 12.0. The zero-order valence-corrected chi connectivity index (χ0v) is 18.6. The Kier molecular flexibility index (Phi) is 14.3. The lowest BCUT2D eigenvalue weighted by Gasteiger charge is -2.09. The number of ether oxygens (including phenoxy) is 1. The molecule has 1 aromatic rings.